The van der Waals surface area contributed by atoms with Gasteiger partial charge >= 0.3 is 0 Å². The van der Waals surface area contributed by atoms with Crippen molar-refractivity contribution in [3.8, 4) is 11.5 Å². The van der Waals surface area contributed by atoms with Gasteiger partial charge in [0.15, 0.2) is 11.5 Å². The summed E-state index contributed by atoms with van der Waals surface area (Å²) in [5, 5.41) is 14.9. The van der Waals surface area contributed by atoms with Gasteiger partial charge in [-0.1, -0.05) is 18.2 Å². The second-order valence-electron chi connectivity index (χ2n) is 4.59. The lowest BCUT2D eigenvalue weighted by Crippen LogP contribution is -2.17. The first kappa shape index (κ1) is 16.9. The Kier molecular flexibility index (Phi) is 5.45. The van der Waals surface area contributed by atoms with Gasteiger partial charge < -0.3 is 9.47 Å². The molecule has 0 aliphatic heterocycles. The zero-order chi connectivity index (χ0) is 17.5. The molecule has 0 radical (unpaired) electrons. The second kappa shape index (κ2) is 7.73. The number of benzene rings is 2. The van der Waals surface area contributed by atoms with E-state index in [-0.39, 0.29) is 17.0 Å². The smallest absolute Gasteiger partial charge is 0.282 e. The van der Waals surface area contributed by atoms with Gasteiger partial charge in [-0.15, -0.1) is 0 Å². The topological polar surface area (TPSA) is 103 Å². The fraction of sp³-hybridized carbons (Fsp3) is 0.125. The minimum atomic E-state index is -0.567. The molecule has 0 aromatic heterocycles. The maximum Gasteiger partial charge on any atom is 0.282 e. The lowest BCUT2D eigenvalue weighted by atomic mass is 10.1. The lowest BCUT2D eigenvalue weighted by Gasteiger charge is -2.08. The fourth-order valence-corrected chi connectivity index (χ4v) is 1.96. The largest absolute Gasteiger partial charge is 0.493 e. The number of methoxy groups -OCH3 is 2. The molecule has 2 aromatic rings. The Hall–Kier alpha value is -3.42. The minimum Gasteiger partial charge on any atom is -0.493 e. The normalized spacial score (nSPS) is 10.4. The number of rotatable bonds is 6. The van der Waals surface area contributed by atoms with Crippen LogP contribution in [0.5, 0.6) is 11.5 Å². The molecule has 0 unspecified atom stereocenters. The molecule has 1 amide bonds. The van der Waals surface area contributed by atoms with Crippen LogP contribution in [0.3, 0.4) is 0 Å². The van der Waals surface area contributed by atoms with Gasteiger partial charge in [0.2, 0.25) is 0 Å². The van der Waals surface area contributed by atoms with E-state index in [1.165, 1.54) is 32.6 Å². The molecule has 0 saturated heterocycles. The molecule has 0 aliphatic rings. The Morgan fingerprint density at radius 3 is 2.38 bits per heavy atom. The van der Waals surface area contributed by atoms with Crippen LogP contribution in [0.2, 0.25) is 0 Å². The Labute approximate surface area is 137 Å². The van der Waals surface area contributed by atoms with Crippen molar-refractivity contribution < 1.29 is 19.2 Å². The van der Waals surface area contributed by atoms with Crippen LogP contribution >= 0.6 is 0 Å². The van der Waals surface area contributed by atoms with Gasteiger partial charge in [0, 0.05) is 5.56 Å². The van der Waals surface area contributed by atoms with Crippen molar-refractivity contribution in [1.82, 2.24) is 5.43 Å². The SMILES string of the molecule is COc1cc(C=NNC(=O)c2ccccc2)c([N+](=O)[O-])cc1OC. The first-order valence-corrected chi connectivity index (χ1v) is 6.85. The number of hydrogen-bond donors (Lipinski definition) is 1. The van der Waals surface area contributed by atoms with Gasteiger partial charge in [0.1, 0.15) is 0 Å². The molecular formula is C16H15N3O5. The maximum absolute atomic E-state index is 11.9. The molecule has 2 aromatic carbocycles. The maximum atomic E-state index is 11.9. The molecule has 0 bridgehead atoms. The average Bonchev–Trinajstić information content (AvgIpc) is 2.61. The van der Waals surface area contributed by atoms with E-state index in [9.17, 15) is 14.9 Å². The van der Waals surface area contributed by atoms with E-state index in [1.807, 2.05) is 0 Å². The quantitative estimate of drug-likeness (QED) is 0.498. The van der Waals surface area contributed by atoms with Crippen LogP contribution < -0.4 is 14.9 Å². The van der Waals surface area contributed by atoms with Gasteiger partial charge in [0.05, 0.1) is 37.0 Å². The highest BCUT2D eigenvalue weighted by Crippen LogP contribution is 2.33. The third kappa shape index (κ3) is 3.86. The number of amides is 1. The second-order valence-corrected chi connectivity index (χ2v) is 4.59. The highest BCUT2D eigenvalue weighted by atomic mass is 16.6. The number of carbonyl (C=O) groups excluding carboxylic acids is 1. The summed E-state index contributed by atoms with van der Waals surface area (Å²) < 4.78 is 10.2. The summed E-state index contributed by atoms with van der Waals surface area (Å²) in [6, 6.07) is 11.1. The van der Waals surface area contributed by atoms with Gasteiger partial charge in [-0.2, -0.15) is 5.10 Å². The molecule has 1 N–H and O–H groups in total. The van der Waals surface area contributed by atoms with Crippen LogP contribution in [-0.4, -0.2) is 31.3 Å². The minimum absolute atomic E-state index is 0.172. The Morgan fingerprint density at radius 1 is 1.17 bits per heavy atom. The lowest BCUT2D eigenvalue weighted by molar-refractivity contribution is -0.385. The van der Waals surface area contributed by atoms with Gasteiger partial charge in [-0.25, -0.2) is 5.43 Å². The zero-order valence-electron chi connectivity index (χ0n) is 13.1. The monoisotopic (exact) mass is 329 g/mol. The van der Waals surface area contributed by atoms with Crippen LogP contribution in [0.4, 0.5) is 5.69 Å². The highest BCUT2D eigenvalue weighted by Gasteiger charge is 2.18. The molecule has 2 rings (SSSR count). The molecular weight excluding hydrogens is 314 g/mol. The molecule has 24 heavy (non-hydrogen) atoms. The summed E-state index contributed by atoms with van der Waals surface area (Å²) in [5.41, 5.74) is 2.70. The molecule has 8 nitrogen and oxygen atoms in total. The number of nitrogens with zero attached hydrogens (tertiary/aromatic N) is 2. The summed E-state index contributed by atoms with van der Waals surface area (Å²) in [5.74, 6) is 0.128. The number of nitro benzene ring substituents is 1. The van der Waals surface area contributed by atoms with Gasteiger partial charge in [-0.05, 0) is 18.2 Å². The van der Waals surface area contributed by atoms with E-state index in [1.54, 1.807) is 30.3 Å². The summed E-state index contributed by atoms with van der Waals surface area (Å²) in [7, 11) is 2.80. The summed E-state index contributed by atoms with van der Waals surface area (Å²) >= 11 is 0. The highest BCUT2D eigenvalue weighted by molar-refractivity contribution is 5.95. The predicted molar refractivity (Wildman–Crippen MR) is 87.7 cm³/mol. The Morgan fingerprint density at radius 2 is 1.79 bits per heavy atom. The average molecular weight is 329 g/mol. The third-order valence-electron chi connectivity index (χ3n) is 3.14. The van der Waals surface area contributed by atoms with Crippen molar-refractivity contribution in [1.29, 1.82) is 0 Å². The number of hydrazone groups is 1. The van der Waals surface area contributed by atoms with E-state index in [0.717, 1.165) is 0 Å². The molecule has 0 fully saturated rings. The van der Waals surface area contributed by atoms with Crippen LogP contribution in [0.15, 0.2) is 47.6 Å². The standard InChI is InChI=1S/C16H15N3O5/c1-23-14-8-12(13(19(21)22)9-15(14)24-2)10-17-18-16(20)11-6-4-3-5-7-11/h3-10H,1-2H3,(H,18,20). The zero-order valence-corrected chi connectivity index (χ0v) is 13.1. The predicted octanol–water partition coefficient (Wildman–Crippen LogP) is 2.38. The van der Waals surface area contributed by atoms with E-state index in [0.29, 0.717) is 11.3 Å². The number of carbonyl (C=O) groups is 1. The molecule has 0 atom stereocenters. The van der Waals surface area contributed by atoms with E-state index in [4.69, 9.17) is 9.47 Å². The Bertz CT molecular complexity index is 775. The van der Waals surface area contributed by atoms with Crippen molar-refractivity contribution >= 4 is 17.8 Å². The summed E-state index contributed by atoms with van der Waals surface area (Å²) in [6.07, 6.45) is 1.18. The molecule has 0 saturated carbocycles. The van der Waals surface area contributed by atoms with E-state index in [2.05, 4.69) is 10.5 Å². The third-order valence-corrected chi connectivity index (χ3v) is 3.14. The van der Waals surface area contributed by atoms with Crippen LogP contribution in [0, 0.1) is 10.1 Å². The number of nitro groups is 1. The number of nitrogens with one attached hydrogen (secondary N) is 1. The molecule has 0 heterocycles. The van der Waals surface area contributed by atoms with Gasteiger partial charge in [0.25, 0.3) is 11.6 Å². The van der Waals surface area contributed by atoms with Crippen LogP contribution in [-0.2, 0) is 0 Å². The number of hydrogen-bond acceptors (Lipinski definition) is 6. The summed E-state index contributed by atoms with van der Waals surface area (Å²) in [4.78, 5) is 22.5. The van der Waals surface area contributed by atoms with Crippen molar-refractivity contribution in [3.63, 3.8) is 0 Å². The van der Waals surface area contributed by atoms with Crippen LogP contribution in [0.25, 0.3) is 0 Å². The van der Waals surface area contributed by atoms with Gasteiger partial charge in [-0.3, -0.25) is 14.9 Å². The van der Waals surface area contributed by atoms with E-state index < -0.39 is 10.8 Å². The van der Waals surface area contributed by atoms with Crippen molar-refractivity contribution in [2.75, 3.05) is 14.2 Å². The fourth-order valence-electron chi connectivity index (χ4n) is 1.96. The van der Waals surface area contributed by atoms with Crippen molar-refractivity contribution in [3.05, 3.63) is 63.7 Å². The molecule has 0 aliphatic carbocycles. The molecule has 124 valence electrons. The first-order valence-electron chi connectivity index (χ1n) is 6.85. The van der Waals surface area contributed by atoms with Crippen molar-refractivity contribution in [2.24, 2.45) is 5.10 Å². The number of ether oxygens (including phenoxy) is 2. The first-order chi connectivity index (χ1) is 11.6. The van der Waals surface area contributed by atoms with Crippen molar-refractivity contribution in [2.45, 2.75) is 0 Å². The van der Waals surface area contributed by atoms with E-state index >= 15 is 0 Å². The summed E-state index contributed by atoms with van der Waals surface area (Å²) in [6.45, 7) is 0. The molecule has 8 heteroatoms. The Balaban J connectivity index is 2.24. The molecule has 0 spiro atoms. The van der Waals surface area contributed by atoms with Crippen LogP contribution in [0.1, 0.15) is 15.9 Å².